The minimum Gasteiger partial charge on any atom is -0.383 e. The smallest absolute Gasteiger partial charge is 0.254 e. The van der Waals surface area contributed by atoms with E-state index in [9.17, 15) is 9.59 Å². The number of carbonyl (C=O) groups is 2. The lowest BCUT2D eigenvalue weighted by Gasteiger charge is -2.25. The Kier molecular flexibility index (Phi) is 5.52. The third kappa shape index (κ3) is 3.73. The van der Waals surface area contributed by atoms with Crippen LogP contribution in [0.2, 0.25) is 0 Å². The molecule has 0 atom stereocenters. The van der Waals surface area contributed by atoms with Crippen LogP contribution in [-0.4, -0.2) is 43.8 Å². The number of benzene rings is 2. The molecule has 38 heavy (non-hydrogen) atoms. The normalized spacial score (nSPS) is 17.9. The molecule has 8 nitrogen and oxygen atoms in total. The average molecular weight is 511 g/mol. The van der Waals surface area contributed by atoms with Crippen molar-refractivity contribution in [2.45, 2.75) is 25.8 Å². The molecule has 2 amide bonds. The van der Waals surface area contributed by atoms with E-state index in [1.807, 2.05) is 29.2 Å². The molecule has 9 heteroatoms. The molecule has 2 saturated heterocycles. The SMILES string of the molecule is C=C(C)C(=O)Nc1ccc(-c2c(-c3ccc(C(=O)N4CC5CC4C5)cc3)c3c(N)ncnc3n2C)c(F)c1. The maximum absolute atomic E-state index is 15.6. The molecule has 3 N–H and O–H groups in total. The highest BCUT2D eigenvalue weighted by Gasteiger charge is 2.45. The van der Waals surface area contributed by atoms with Crippen LogP contribution in [0.4, 0.5) is 15.9 Å². The Morgan fingerprint density at radius 3 is 2.50 bits per heavy atom. The van der Waals surface area contributed by atoms with E-state index in [1.54, 1.807) is 30.7 Å². The molecule has 7 rings (SSSR count). The van der Waals surface area contributed by atoms with Crippen LogP contribution >= 0.6 is 0 Å². The number of anilines is 2. The summed E-state index contributed by atoms with van der Waals surface area (Å²) in [6.45, 7) is 6.03. The Balaban J connectivity index is 1.45. The molecule has 1 aliphatic carbocycles. The molecule has 2 aromatic heterocycles. The maximum Gasteiger partial charge on any atom is 0.254 e. The van der Waals surface area contributed by atoms with Gasteiger partial charge in [-0.15, -0.1) is 0 Å². The number of aromatic nitrogens is 3. The molecule has 2 aliphatic heterocycles. The van der Waals surface area contributed by atoms with Gasteiger partial charge in [0.1, 0.15) is 23.6 Å². The second kappa shape index (κ2) is 8.79. The summed E-state index contributed by atoms with van der Waals surface area (Å²) >= 11 is 0. The summed E-state index contributed by atoms with van der Waals surface area (Å²) in [5.41, 5.74) is 10.4. The van der Waals surface area contributed by atoms with E-state index in [4.69, 9.17) is 5.73 Å². The van der Waals surface area contributed by atoms with Crippen LogP contribution in [0, 0.1) is 11.7 Å². The highest BCUT2D eigenvalue weighted by atomic mass is 19.1. The van der Waals surface area contributed by atoms with Gasteiger partial charge in [0.25, 0.3) is 11.8 Å². The van der Waals surface area contributed by atoms with Gasteiger partial charge in [0.05, 0.1) is 11.1 Å². The van der Waals surface area contributed by atoms with E-state index in [2.05, 4.69) is 21.9 Å². The first-order chi connectivity index (χ1) is 18.2. The number of nitrogens with one attached hydrogen (secondary N) is 1. The number of carbonyl (C=O) groups excluding carboxylic acids is 2. The first-order valence-electron chi connectivity index (χ1n) is 12.5. The van der Waals surface area contributed by atoms with Crippen molar-refractivity contribution in [1.29, 1.82) is 0 Å². The zero-order valence-electron chi connectivity index (χ0n) is 21.2. The summed E-state index contributed by atoms with van der Waals surface area (Å²) in [4.78, 5) is 35.7. The van der Waals surface area contributed by atoms with Gasteiger partial charge in [-0.2, -0.15) is 0 Å². The summed E-state index contributed by atoms with van der Waals surface area (Å²) in [5.74, 6) is 0.0460. The molecule has 0 radical (unpaired) electrons. The largest absolute Gasteiger partial charge is 0.383 e. The summed E-state index contributed by atoms with van der Waals surface area (Å²) in [5, 5.41) is 3.24. The lowest BCUT2D eigenvalue weighted by Crippen LogP contribution is -2.34. The fourth-order valence-electron chi connectivity index (χ4n) is 5.62. The van der Waals surface area contributed by atoms with Gasteiger partial charge < -0.3 is 20.5 Å². The Morgan fingerprint density at radius 1 is 1.13 bits per heavy atom. The van der Waals surface area contributed by atoms with Gasteiger partial charge in [0.15, 0.2) is 0 Å². The zero-order chi connectivity index (χ0) is 26.7. The van der Waals surface area contributed by atoms with Gasteiger partial charge in [-0.25, -0.2) is 14.4 Å². The van der Waals surface area contributed by atoms with Crippen molar-refractivity contribution in [3.05, 3.63) is 72.3 Å². The van der Waals surface area contributed by atoms with E-state index in [-0.39, 0.29) is 17.6 Å². The van der Waals surface area contributed by atoms with Gasteiger partial charge >= 0.3 is 0 Å². The van der Waals surface area contributed by atoms with Gasteiger partial charge in [-0.1, -0.05) is 18.7 Å². The zero-order valence-corrected chi connectivity index (χ0v) is 21.2. The number of halogens is 1. The predicted octanol–water partition coefficient (Wildman–Crippen LogP) is 4.77. The summed E-state index contributed by atoms with van der Waals surface area (Å²) in [6, 6.07) is 12.2. The van der Waals surface area contributed by atoms with Crippen molar-refractivity contribution in [2.75, 3.05) is 17.6 Å². The Bertz CT molecular complexity index is 1640. The first-order valence-corrected chi connectivity index (χ1v) is 12.5. The number of hydrogen-bond donors (Lipinski definition) is 2. The highest BCUT2D eigenvalue weighted by Crippen LogP contribution is 2.44. The topological polar surface area (TPSA) is 106 Å². The van der Waals surface area contributed by atoms with E-state index in [0.29, 0.717) is 56.6 Å². The first kappa shape index (κ1) is 23.8. The average Bonchev–Trinajstić information content (AvgIpc) is 3.57. The summed E-state index contributed by atoms with van der Waals surface area (Å²) in [6.07, 6.45) is 3.58. The van der Waals surface area contributed by atoms with Crippen LogP contribution in [-0.2, 0) is 11.8 Å². The van der Waals surface area contributed by atoms with Crippen molar-refractivity contribution in [1.82, 2.24) is 19.4 Å². The van der Waals surface area contributed by atoms with Crippen molar-refractivity contribution in [3.8, 4) is 22.4 Å². The maximum atomic E-state index is 15.6. The third-order valence-corrected chi connectivity index (χ3v) is 7.65. The van der Waals surface area contributed by atoms with Crippen LogP contribution in [0.1, 0.15) is 30.1 Å². The molecule has 4 heterocycles. The fraction of sp³-hybridized carbons (Fsp3) is 0.241. The lowest BCUT2D eigenvalue weighted by atomic mass is 9.86. The van der Waals surface area contributed by atoms with Crippen molar-refractivity contribution in [3.63, 3.8) is 0 Å². The molecular weight excluding hydrogens is 483 g/mol. The standard InChI is InChI=1S/C29H27FN6O2/c1-15(2)28(37)34-19-8-9-21(22(30)12-19)25-23(24-26(31)32-14-33-27(24)35(25)3)17-4-6-18(7-5-17)29(38)36-13-16-10-20(36)11-16/h4-9,12,14,16,20H,1,10-11,13H2,2-3H3,(H,34,37)(H2,31,32,33). The number of hydrogen-bond acceptors (Lipinski definition) is 5. The molecule has 3 aliphatic rings. The van der Waals surface area contributed by atoms with Gasteiger partial charge in [-0.05, 0) is 61.6 Å². The molecule has 2 aromatic carbocycles. The third-order valence-electron chi connectivity index (χ3n) is 7.65. The van der Waals surface area contributed by atoms with Crippen molar-refractivity contribution < 1.29 is 14.0 Å². The quantitative estimate of drug-likeness (QED) is 0.376. The molecular formula is C29H27FN6O2. The van der Waals surface area contributed by atoms with Crippen LogP contribution < -0.4 is 11.1 Å². The van der Waals surface area contributed by atoms with Gasteiger partial charge in [-0.3, -0.25) is 9.59 Å². The highest BCUT2D eigenvalue weighted by molar-refractivity contribution is 6.08. The van der Waals surface area contributed by atoms with Gasteiger partial charge in [0.2, 0.25) is 0 Å². The number of nitrogens with zero attached hydrogens (tertiary/aromatic N) is 4. The molecule has 0 spiro atoms. The van der Waals surface area contributed by atoms with Gasteiger partial charge in [0, 0.05) is 47.6 Å². The number of amides is 2. The Morgan fingerprint density at radius 2 is 1.87 bits per heavy atom. The minimum absolute atomic E-state index is 0.0426. The molecule has 3 fully saturated rings. The minimum atomic E-state index is -0.525. The number of fused-ring (bicyclic) bond motifs is 2. The number of nitrogens with two attached hydrogens (primary N) is 1. The fourth-order valence-corrected chi connectivity index (χ4v) is 5.62. The number of rotatable bonds is 5. The molecule has 0 unspecified atom stereocenters. The Hall–Kier alpha value is -4.53. The molecule has 192 valence electrons. The van der Waals surface area contributed by atoms with Crippen LogP contribution in [0.15, 0.2) is 60.9 Å². The van der Waals surface area contributed by atoms with Crippen molar-refractivity contribution in [2.24, 2.45) is 13.0 Å². The second-order valence-electron chi connectivity index (χ2n) is 10.2. The van der Waals surface area contributed by atoms with Crippen LogP contribution in [0.5, 0.6) is 0 Å². The van der Waals surface area contributed by atoms with E-state index in [0.717, 1.165) is 24.9 Å². The molecule has 1 saturated carbocycles. The number of nitrogen functional groups attached to an aromatic ring is 1. The van der Waals surface area contributed by atoms with Crippen molar-refractivity contribution >= 4 is 34.4 Å². The second-order valence-corrected chi connectivity index (χ2v) is 10.2. The number of aryl methyl sites for hydroxylation is 1. The van der Waals surface area contributed by atoms with Crippen LogP contribution in [0.3, 0.4) is 0 Å². The van der Waals surface area contributed by atoms with E-state index >= 15 is 4.39 Å². The summed E-state index contributed by atoms with van der Waals surface area (Å²) < 4.78 is 17.4. The van der Waals surface area contributed by atoms with Crippen LogP contribution in [0.25, 0.3) is 33.4 Å². The predicted molar refractivity (Wildman–Crippen MR) is 145 cm³/mol. The van der Waals surface area contributed by atoms with E-state index in [1.165, 1.54) is 12.4 Å². The Labute approximate surface area is 219 Å². The lowest BCUT2D eigenvalue weighted by molar-refractivity contribution is -0.112. The molecule has 2 bridgehead atoms. The molecule has 4 aromatic rings. The summed E-state index contributed by atoms with van der Waals surface area (Å²) in [7, 11) is 1.79. The monoisotopic (exact) mass is 510 g/mol. The van der Waals surface area contributed by atoms with E-state index < -0.39 is 5.82 Å².